The third-order valence-electron chi connectivity index (χ3n) is 2.43. The largest absolute Gasteiger partial charge is 0.376 e. The average molecular weight is 227 g/mol. The van der Waals surface area contributed by atoms with E-state index < -0.39 is 0 Å². The highest BCUT2D eigenvalue weighted by Crippen LogP contribution is 2.01. The quantitative estimate of drug-likeness (QED) is 0.486. The Morgan fingerprint density at radius 1 is 1.38 bits per heavy atom. The van der Waals surface area contributed by atoms with Crippen molar-refractivity contribution >= 4 is 5.91 Å². The van der Waals surface area contributed by atoms with E-state index in [4.69, 9.17) is 4.74 Å². The minimum absolute atomic E-state index is 0.0874. The number of ether oxygens (including phenoxy) is 1. The molecule has 16 heavy (non-hydrogen) atoms. The predicted octanol–water partition coefficient (Wildman–Crippen LogP) is 2.66. The fourth-order valence-electron chi connectivity index (χ4n) is 1.28. The normalized spacial score (nSPS) is 12.2. The van der Waals surface area contributed by atoms with Crippen molar-refractivity contribution in [3.8, 4) is 0 Å². The summed E-state index contributed by atoms with van der Waals surface area (Å²) in [6.45, 7) is 10.9. The van der Waals surface area contributed by atoms with E-state index in [0.29, 0.717) is 12.1 Å². The monoisotopic (exact) mass is 227 g/mol. The van der Waals surface area contributed by atoms with E-state index in [1.54, 1.807) is 6.92 Å². The van der Waals surface area contributed by atoms with Crippen molar-refractivity contribution in [1.82, 2.24) is 5.32 Å². The van der Waals surface area contributed by atoms with Gasteiger partial charge in [0.2, 0.25) is 5.91 Å². The number of carbonyl (C=O) groups excluding carboxylic acids is 1. The molecule has 0 saturated heterocycles. The first-order chi connectivity index (χ1) is 7.61. The maximum atomic E-state index is 11.3. The van der Waals surface area contributed by atoms with Crippen LogP contribution >= 0.6 is 0 Å². The lowest BCUT2D eigenvalue weighted by atomic mass is 10.2. The Hall–Kier alpha value is -0.830. The number of amides is 1. The highest BCUT2D eigenvalue weighted by molar-refractivity contribution is 5.92. The van der Waals surface area contributed by atoms with Crippen LogP contribution in [0, 0.1) is 0 Å². The van der Waals surface area contributed by atoms with Gasteiger partial charge < -0.3 is 10.1 Å². The molecule has 1 amide bonds. The van der Waals surface area contributed by atoms with Gasteiger partial charge in [-0.2, -0.15) is 0 Å². The Labute approximate surface area is 99.3 Å². The zero-order valence-corrected chi connectivity index (χ0v) is 10.8. The van der Waals surface area contributed by atoms with Gasteiger partial charge in [-0.05, 0) is 19.8 Å². The van der Waals surface area contributed by atoms with Crippen molar-refractivity contribution in [1.29, 1.82) is 0 Å². The Morgan fingerprint density at radius 2 is 2.06 bits per heavy atom. The SMILES string of the molecule is C=C(C)C(=O)NCC(CC)OCCCCC. The summed E-state index contributed by atoms with van der Waals surface area (Å²) in [5.74, 6) is -0.0874. The fourth-order valence-corrected chi connectivity index (χ4v) is 1.28. The van der Waals surface area contributed by atoms with E-state index in [1.807, 2.05) is 0 Å². The molecule has 0 aliphatic rings. The van der Waals surface area contributed by atoms with Crippen LogP contribution in [0.5, 0.6) is 0 Å². The molecular weight excluding hydrogens is 202 g/mol. The maximum absolute atomic E-state index is 11.3. The molecule has 0 aromatic heterocycles. The van der Waals surface area contributed by atoms with Crippen molar-refractivity contribution < 1.29 is 9.53 Å². The molecule has 94 valence electrons. The van der Waals surface area contributed by atoms with E-state index in [-0.39, 0.29) is 12.0 Å². The summed E-state index contributed by atoms with van der Waals surface area (Å²) in [5, 5.41) is 2.81. The second-order valence-corrected chi connectivity index (χ2v) is 4.10. The number of rotatable bonds is 9. The van der Waals surface area contributed by atoms with Gasteiger partial charge in [-0.3, -0.25) is 4.79 Å². The first-order valence-electron chi connectivity index (χ1n) is 6.17. The minimum atomic E-state index is -0.0874. The summed E-state index contributed by atoms with van der Waals surface area (Å²) in [7, 11) is 0. The zero-order chi connectivity index (χ0) is 12.4. The van der Waals surface area contributed by atoms with E-state index in [0.717, 1.165) is 19.4 Å². The molecule has 1 atom stereocenters. The molecule has 0 saturated carbocycles. The molecule has 1 N–H and O–H groups in total. The van der Waals surface area contributed by atoms with Crippen LogP contribution in [-0.2, 0) is 9.53 Å². The lowest BCUT2D eigenvalue weighted by molar-refractivity contribution is -0.118. The van der Waals surface area contributed by atoms with Crippen LogP contribution < -0.4 is 5.32 Å². The Bertz CT molecular complexity index is 214. The third kappa shape index (κ3) is 7.46. The highest BCUT2D eigenvalue weighted by atomic mass is 16.5. The number of unbranched alkanes of at least 4 members (excludes halogenated alkanes) is 2. The summed E-state index contributed by atoms with van der Waals surface area (Å²) in [6.07, 6.45) is 4.55. The second kappa shape index (κ2) is 9.40. The molecule has 0 fully saturated rings. The first kappa shape index (κ1) is 15.2. The zero-order valence-electron chi connectivity index (χ0n) is 10.8. The molecule has 0 radical (unpaired) electrons. The van der Waals surface area contributed by atoms with Gasteiger partial charge in [0, 0.05) is 18.7 Å². The van der Waals surface area contributed by atoms with Crippen molar-refractivity contribution in [2.75, 3.05) is 13.2 Å². The van der Waals surface area contributed by atoms with Gasteiger partial charge in [0.1, 0.15) is 0 Å². The lowest BCUT2D eigenvalue weighted by Gasteiger charge is -2.16. The van der Waals surface area contributed by atoms with Crippen molar-refractivity contribution in [2.24, 2.45) is 0 Å². The minimum Gasteiger partial charge on any atom is -0.376 e. The third-order valence-corrected chi connectivity index (χ3v) is 2.43. The Balaban J connectivity index is 3.66. The predicted molar refractivity (Wildman–Crippen MR) is 67.4 cm³/mol. The van der Waals surface area contributed by atoms with Crippen LogP contribution in [0.25, 0.3) is 0 Å². The number of hydrogen-bond acceptors (Lipinski definition) is 2. The van der Waals surface area contributed by atoms with E-state index in [9.17, 15) is 4.79 Å². The summed E-state index contributed by atoms with van der Waals surface area (Å²) >= 11 is 0. The van der Waals surface area contributed by atoms with Crippen molar-refractivity contribution in [2.45, 2.75) is 52.6 Å². The molecule has 0 heterocycles. The van der Waals surface area contributed by atoms with Crippen LogP contribution in [0.4, 0.5) is 0 Å². The molecule has 0 aliphatic carbocycles. The second-order valence-electron chi connectivity index (χ2n) is 4.10. The summed E-state index contributed by atoms with van der Waals surface area (Å²) in [4.78, 5) is 11.3. The van der Waals surface area contributed by atoms with Crippen LogP contribution in [-0.4, -0.2) is 25.2 Å². The summed E-state index contributed by atoms with van der Waals surface area (Å²) in [6, 6.07) is 0. The fraction of sp³-hybridized carbons (Fsp3) is 0.769. The number of carbonyl (C=O) groups is 1. The molecule has 0 aromatic carbocycles. The Morgan fingerprint density at radius 3 is 2.56 bits per heavy atom. The molecule has 0 rings (SSSR count). The van der Waals surface area contributed by atoms with Gasteiger partial charge in [0.05, 0.1) is 6.10 Å². The van der Waals surface area contributed by atoms with Gasteiger partial charge in [-0.15, -0.1) is 0 Å². The van der Waals surface area contributed by atoms with Crippen LogP contribution in [0.3, 0.4) is 0 Å². The lowest BCUT2D eigenvalue weighted by Crippen LogP contribution is -2.33. The van der Waals surface area contributed by atoms with Gasteiger partial charge in [0.25, 0.3) is 0 Å². The van der Waals surface area contributed by atoms with Crippen LogP contribution in [0.1, 0.15) is 46.5 Å². The van der Waals surface area contributed by atoms with E-state index in [2.05, 4.69) is 25.7 Å². The van der Waals surface area contributed by atoms with Gasteiger partial charge >= 0.3 is 0 Å². The van der Waals surface area contributed by atoms with Gasteiger partial charge in [-0.25, -0.2) is 0 Å². The first-order valence-corrected chi connectivity index (χ1v) is 6.17. The van der Waals surface area contributed by atoms with Crippen LogP contribution in [0.15, 0.2) is 12.2 Å². The average Bonchev–Trinajstić information content (AvgIpc) is 2.27. The standard InChI is InChI=1S/C13H25NO2/c1-5-7-8-9-16-12(6-2)10-14-13(15)11(3)4/h12H,3,5-10H2,1-2,4H3,(H,14,15). The van der Waals surface area contributed by atoms with E-state index >= 15 is 0 Å². The van der Waals surface area contributed by atoms with Gasteiger partial charge in [-0.1, -0.05) is 33.3 Å². The number of hydrogen-bond donors (Lipinski definition) is 1. The van der Waals surface area contributed by atoms with Crippen LogP contribution in [0.2, 0.25) is 0 Å². The topological polar surface area (TPSA) is 38.3 Å². The van der Waals surface area contributed by atoms with Gasteiger partial charge in [0.15, 0.2) is 0 Å². The molecule has 0 spiro atoms. The molecule has 0 aliphatic heterocycles. The summed E-state index contributed by atoms with van der Waals surface area (Å²) < 4.78 is 5.68. The summed E-state index contributed by atoms with van der Waals surface area (Å²) in [5.41, 5.74) is 0.542. The van der Waals surface area contributed by atoms with Crippen molar-refractivity contribution in [3.05, 3.63) is 12.2 Å². The molecule has 3 nitrogen and oxygen atoms in total. The number of nitrogens with one attached hydrogen (secondary N) is 1. The smallest absolute Gasteiger partial charge is 0.246 e. The molecule has 1 unspecified atom stereocenters. The van der Waals surface area contributed by atoms with E-state index in [1.165, 1.54) is 12.8 Å². The molecular formula is C13H25NO2. The molecule has 0 bridgehead atoms. The molecule has 0 aromatic rings. The Kier molecular flexibility index (Phi) is 8.91. The van der Waals surface area contributed by atoms with Crippen molar-refractivity contribution in [3.63, 3.8) is 0 Å². The molecule has 3 heteroatoms. The maximum Gasteiger partial charge on any atom is 0.246 e. The highest BCUT2D eigenvalue weighted by Gasteiger charge is 2.08.